The molecule has 0 radical (unpaired) electrons. The maximum atomic E-state index is 12.5. The highest BCUT2D eigenvalue weighted by Crippen LogP contribution is 2.39. The number of hydrogen-bond donors (Lipinski definition) is 3. The number of nitrogen functional groups attached to an aromatic ring is 1. The van der Waals surface area contributed by atoms with Gasteiger partial charge in [-0.15, -0.1) is 12.4 Å². The summed E-state index contributed by atoms with van der Waals surface area (Å²) in [6.07, 6.45) is 4.73. The van der Waals surface area contributed by atoms with Crippen molar-refractivity contribution in [2.24, 2.45) is 0 Å². The summed E-state index contributed by atoms with van der Waals surface area (Å²) in [5.41, 5.74) is 12.8. The van der Waals surface area contributed by atoms with E-state index in [-0.39, 0.29) is 37.4 Å². The maximum Gasteiger partial charge on any atom is 0.262 e. The predicted octanol–water partition coefficient (Wildman–Crippen LogP) is 18.4. The molecule has 9 aromatic rings. The number of rotatable bonds is 16. The molecule has 0 aliphatic carbocycles. The van der Waals surface area contributed by atoms with Gasteiger partial charge in [-0.05, 0) is 126 Å². The van der Waals surface area contributed by atoms with E-state index in [0.29, 0.717) is 116 Å². The number of alkyl halides is 4. The Balaban J connectivity index is 0.000000257. The Hall–Kier alpha value is -5.16. The van der Waals surface area contributed by atoms with Gasteiger partial charge in [-0.25, -0.2) is 0 Å². The number of aromatic nitrogens is 6. The van der Waals surface area contributed by atoms with Crippen LogP contribution in [0.3, 0.4) is 0 Å². The van der Waals surface area contributed by atoms with Crippen LogP contribution in [0.25, 0.3) is 68.1 Å². The average molecular weight is 1420 g/mol. The number of nitrogens with one attached hydrogen (secondary N) is 1. The number of ether oxygens (including phenoxy) is 2. The lowest BCUT2D eigenvalue weighted by molar-refractivity contribution is -0.118. The van der Waals surface area contributed by atoms with E-state index in [1.54, 1.807) is 123 Å². The summed E-state index contributed by atoms with van der Waals surface area (Å²) >= 11 is 63.3. The number of amides is 1. The van der Waals surface area contributed by atoms with Gasteiger partial charge >= 0.3 is 0 Å². The number of halogens is 12. The van der Waals surface area contributed by atoms with Crippen LogP contribution in [0.15, 0.2) is 141 Å². The number of aliphatic hydroxyl groups is 1. The molecule has 4 N–H and O–H groups in total. The SMILES string of the molecule is CC(C)O.CC(C)OCN(C(=O)C(Cl)Cl)c1ccnc(-c2cc(-c3c(Cl)cccc3Cl)no2)c1.CC(C)OCNc1ccnc(-c2cc(-c3c(Cl)cccc3Cl)no2)c1.Cl.Nc1ccnc(-c2cc(-c3c(Cl)cccc3Cl)no2)c1.O=C(Cl)C(Cl)Cl. The highest BCUT2D eigenvalue weighted by atomic mass is 35.5. The average Bonchev–Trinajstić information content (AvgIpc) is 2.51. The molecule has 0 aliphatic heterocycles. The largest absolute Gasteiger partial charge is 0.399 e. The second-order valence-electron chi connectivity index (χ2n) is 18.0. The number of nitrogens with two attached hydrogens (primary N) is 1. The van der Waals surface area contributed by atoms with Crippen LogP contribution >= 0.6 is 140 Å². The first-order valence-electron chi connectivity index (χ1n) is 24.9. The van der Waals surface area contributed by atoms with Crippen molar-refractivity contribution in [1.82, 2.24) is 30.4 Å². The highest BCUT2D eigenvalue weighted by molar-refractivity contribution is 6.75. The Morgan fingerprint density at radius 1 is 0.547 bits per heavy atom. The Morgan fingerprint density at radius 2 is 0.907 bits per heavy atom. The molecule has 0 unspecified atom stereocenters. The molecule has 86 heavy (non-hydrogen) atoms. The van der Waals surface area contributed by atoms with Crippen LogP contribution < -0.4 is 16.0 Å². The number of hydrogen-bond acceptors (Lipinski definition) is 16. The molecule has 9 rings (SSSR count). The fourth-order valence-electron chi connectivity index (χ4n) is 6.65. The van der Waals surface area contributed by atoms with Gasteiger partial charge in [0.2, 0.25) is 0 Å². The van der Waals surface area contributed by atoms with E-state index >= 15 is 0 Å². The number of pyridine rings is 3. The van der Waals surface area contributed by atoms with Crippen LogP contribution in [-0.2, 0) is 19.1 Å². The van der Waals surface area contributed by atoms with Gasteiger partial charge < -0.3 is 39.2 Å². The Labute approximate surface area is 556 Å². The number of nitrogens with zero attached hydrogens (tertiary/aromatic N) is 7. The van der Waals surface area contributed by atoms with E-state index in [2.05, 4.69) is 35.7 Å². The van der Waals surface area contributed by atoms with Crippen molar-refractivity contribution < 1.29 is 37.7 Å². The molecule has 0 saturated heterocycles. The molecule has 6 heterocycles. The molecule has 0 atom stereocenters. The van der Waals surface area contributed by atoms with Gasteiger partial charge in [-0.3, -0.25) is 29.4 Å². The minimum Gasteiger partial charge on any atom is -0.399 e. The molecule has 0 saturated carbocycles. The van der Waals surface area contributed by atoms with E-state index in [1.165, 1.54) is 11.1 Å². The van der Waals surface area contributed by atoms with Crippen LogP contribution in [0.1, 0.15) is 41.5 Å². The Morgan fingerprint density at radius 3 is 1.27 bits per heavy atom. The third kappa shape index (κ3) is 22.8. The van der Waals surface area contributed by atoms with Crippen molar-refractivity contribution in [3.63, 3.8) is 0 Å². The van der Waals surface area contributed by atoms with Crippen LogP contribution in [0.5, 0.6) is 0 Å². The number of carbonyl (C=O) groups is 2. The van der Waals surface area contributed by atoms with E-state index < -0.39 is 20.8 Å². The van der Waals surface area contributed by atoms with E-state index in [1.807, 2.05) is 39.8 Å². The molecule has 17 nitrogen and oxygen atoms in total. The van der Waals surface area contributed by atoms with Gasteiger partial charge in [0.25, 0.3) is 11.1 Å². The van der Waals surface area contributed by atoms with E-state index in [0.717, 1.165) is 5.69 Å². The predicted molar refractivity (Wildman–Crippen MR) is 350 cm³/mol. The first kappa shape index (κ1) is 73.3. The zero-order valence-electron chi connectivity index (χ0n) is 46.0. The summed E-state index contributed by atoms with van der Waals surface area (Å²) < 4.78 is 27.2. The third-order valence-corrected chi connectivity index (χ3v) is 13.5. The first-order valence-corrected chi connectivity index (χ1v) is 29.3. The van der Waals surface area contributed by atoms with Crippen molar-refractivity contribution in [1.29, 1.82) is 0 Å². The fraction of sp³-hybridized carbons (Fsp3) is 0.228. The zero-order valence-corrected chi connectivity index (χ0v) is 55.1. The number of aliphatic hydroxyl groups excluding tert-OH is 1. The summed E-state index contributed by atoms with van der Waals surface area (Å²) in [4.78, 5) is 33.9. The summed E-state index contributed by atoms with van der Waals surface area (Å²) in [6, 6.07) is 31.3. The van der Waals surface area contributed by atoms with Gasteiger partial charge in [0.15, 0.2) is 27.0 Å². The van der Waals surface area contributed by atoms with Crippen LogP contribution in [0, 0.1) is 0 Å². The van der Waals surface area contributed by atoms with Crippen molar-refractivity contribution in [3.05, 3.63) is 158 Å². The normalized spacial score (nSPS) is 10.7. The molecule has 0 bridgehead atoms. The maximum absolute atomic E-state index is 12.5. The summed E-state index contributed by atoms with van der Waals surface area (Å²) in [7, 11) is 0. The molecule has 6 aromatic heterocycles. The van der Waals surface area contributed by atoms with E-state index in [9.17, 15) is 9.59 Å². The molecule has 458 valence electrons. The lowest BCUT2D eigenvalue weighted by Crippen LogP contribution is -2.37. The smallest absolute Gasteiger partial charge is 0.262 e. The number of anilines is 3. The van der Waals surface area contributed by atoms with E-state index in [4.69, 9.17) is 161 Å². The van der Waals surface area contributed by atoms with Crippen LogP contribution in [0.4, 0.5) is 17.1 Å². The molecule has 1 amide bonds. The van der Waals surface area contributed by atoms with Crippen molar-refractivity contribution in [3.8, 4) is 68.1 Å². The molecular weight excluding hydrogens is 1360 g/mol. The Kier molecular flexibility index (Phi) is 31.0. The Bertz CT molecular complexity index is 3540. The second-order valence-corrected chi connectivity index (χ2v) is 23.0. The minimum atomic E-state index is -1.24. The molecular formula is C57H53Cl12N9O8. The molecule has 3 aromatic carbocycles. The molecule has 0 spiro atoms. The lowest BCUT2D eigenvalue weighted by atomic mass is 10.1. The summed E-state index contributed by atoms with van der Waals surface area (Å²) in [5, 5.41) is 25.6. The minimum absolute atomic E-state index is 0. The number of carbonyl (C=O) groups excluding carboxylic acids is 2. The van der Waals surface area contributed by atoms with Crippen molar-refractivity contribution in [2.45, 2.75) is 69.5 Å². The van der Waals surface area contributed by atoms with Gasteiger partial charge in [0.1, 0.15) is 47.6 Å². The highest BCUT2D eigenvalue weighted by Gasteiger charge is 2.25. The topological polar surface area (TPSA) is 231 Å². The van der Waals surface area contributed by atoms with Crippen molar-refractivity contribution >= 4 is 168 Å². The monoisotopic (exact) mass is 1410 g/mol. The molecule has 0 aliphatic rings. The lowest BCUT2D eigenvalue weighted by Gasteiger charge is -2.24. The summed E-state index contributed by atoms with van der Waals surface area (Å²) in [6.45, 7) is 11.5. The summed E-state index contributed by atoms with van der Waals surface area (Å²) in [5.74, 6) is 0.883. The second kappa shape index (κ2) is 36.4. The molecule has 29 heteroatoms. The molecule has 0 fully saturated rings. The van der Waals surface area contributed by atoms with Gasteiger partial charge in [0.05, 0.1) is 42.3 Å². The van der Waals surface area contributed by atoms with Gasteiger partial charge in [-0.2, -0.15) is 0 Å². The fourth-order valence-corrected chi connectivity index (χ4v) is 8.65. The van der Waals surface area contributed by atoms with Gasteiger partial charge in [-0.1, -0.05) is 150 Å². The zero-order chi connectivity index (χ0) is 62.5. The van der Waals surface area contributed by atoms with Crippen LogP contribution in [-0.4, -0.2) is 88.1 Å². The van der Waals surface area contributed by atoms with Crippen LogP contribution in [0.2, 0.25) is 30.1 Å². The first-order chi connectivity index (χ1) is 40.3. The standard InChI is InChI=1S/C20H17Cl4N3O3.C18H17Cl2N3O2.C14H9Cl2N3O.C3H8O.C2HCl3O.ClH/c1-11(2)29-10-27(20(28)19(23)24)12-6-7-25-15(8-12)17-9-16(26-30-17)18-13(21)4-3-5-14(18)22;1-11(2)24-10-22-12-6-7-21-15(8-12)17-9-16(23-25-17)18-13(19)4-3-5-14(18)20;15-9-2-1-3-10(16)14(9)12-7-13(20-19-12)11-6-8(17)4-5-18-11;1-3(2)4;3-1(4)2(5)6;/h3-9,11,19H,10H2,1-2H3;3-9,11H,10H2,1-2H3,(H,21,22);1-7H,(H2,17,18);3-4H,1-2H3;1H;1H. The number of benzene rings is 3. The van der Waals surface area contributed by atoms with Crippen molar-refractivity contribution in [2.75, 3.05) is 29.4 Å². The quantitative estimate of drug-likeness (QED) is 0.0464. The third-order valence-electron chi connectivity index (χ3n) is 10.4. The van der Waals surface area contributed by atoms with Gasteiger partial charge in [0, 0.05) is 76.6 Å².